The van der Waals surface area contributed by atoms with Crippen molar-refractivity contribution >= 4 is 22.8 Å². The minimum atomic E-state index is -0.413. The summed E-state index contributed by atoms with van der Waals surface area (Å²) in [6.45, 7) is 11.3. The molecule has 0 unspecified atom stereocenters. The van der Waals surface area contributed by atoms with Gasteiger partial charge < -0.3 is 19.7 Å². The van der Waals surface area contributed by atoms with Crippen LogP contribution in [0.25, 0.3) is 11.0 Å². The Hall–Kier alpha value is -3.26. The minimum Gasteiger partial charge on any atom is -0.343 e. The first-order valence-electron chi connectivity index (χ1n) is 13.9. The van der Waals surface area contributed by atoms with Crippen molar-refractivity contribution in [3.8, 4) is 0 Å². The van der Waals surface area contributed by atoms with Gasteiger partial charge in [-0.25, -0.2) is 9.37 Å². The van der Waals surface area contributed by atoms with Gasteiger partial charge in [-0.15, -0.1) is 0 Å². The standard InChI is InChI=1S/C30H40FN5O2/c1-4-14-36-27-12-11-23(19-32-13-7-16-34-15-6-10-29(34)37)17-26(27)33-28(36)21-35(20-22(2)3)30(38)24-8-5-9-25(31)18-24/h5,8-9,11-12,17-18,22,32H,4,6-7,10,13-16,19-21H2,1-3H3. The fraction of sp³-hybridized carbons (Fsp3) is 0.500. The number of aryl methyl sites for hydroxylation is 1. The second-order valence-electron chi connectivity index (χ2n) is 10.6. The van der Waals surface area contributed by atoms with Crippen LogP contribution in [0.4, 0.5) is 4.39 Å². The molecule has 2 aromatic carbocycles. The number of hydrogen-bond acceptors (Lipinski definition) is 4. The van der Waals surface area contributed by atoms with Gasteiger partial charge in [-0.2, -0.15) is 0 Å². The number of carbonyl (C=O) groups excluding carboxylic acids is 2. The molecule has 204 valence electrons. The van der Waals surface area contributed by atoms with E-state index in [2.05, 4.69) is 48.9 Å². The van der Waals surface area contributed by atoms with Gasteiger partial charge in [0.2, 0.25) is 5.91 Å². The number of nitrogens with one attached hydrogen (secondary N) is 1. The van der Waals surface area contributed by atoms with Crippen LogP contribution in [0.1, 0.15) is 68.2 Å². The van der Waals surface area contributed by atoms with E-state index >= 15 is 0 Å². The van der Waals surface area contributed by atoms with E-state index in [1.165, 1.54) is 12.1 Å². The Balaban J connectivity index is 1.46. The van der Waals surface area contributed by atoms with Crippen LogP contribution in [-0.4, -0.2) is 57.3 Å². The lowest BCUT2D eigenvalue weighted by molar-refractivity contribution is -0.127. The van der Waals surface area contributed by atoms with E-state index in [-0.39, 0.29) is 17.7 Å². The monoisotopic (exact) mass is 521 g/mol. The molecule has 38 heavy (non-hydrogen) atoms. The predicted molar refractivity (Wildman–Crippen MR) is 148 cm³/mol. The van der Waals surface area contributed by atoms with E-state index in [1.54, 1.807) is 17.0 Å². The zero-order chi connectivity index (χ0) is 27.1. The highest BCUT2D eigenvalue weighted by molar-refractivity contribution is 5.94. The van der Waals surface area contributed by atoms with Crippen molar-refractivity contribution in [3.63, 3.8) is 0 Å². The molecule has 1 aliphatic heterocycles. The highest BCUT2D eigenvalue weighted by Crippen LogP contribution is 2.21. The van der Waals surface area contributed by atoms with Gasteiger partial charge in [0.25, 0.3) is 5.91 Å². The van der Waals surface area contributed by atoms with Gasteiger partial charge in [-0.1, -0.05) is 32.9 Å². The van der Waals surface area contributed by atoms with Gasteiger partial charge in [-0.3, -0.25) is 9.59 Å². The Morgan fingerprint density at radius 3 is 2.74 bits per heavy atom. The van der Waals surface area contributed by atoms with E-state index in [1.807, 2.05) is 4.90 Å². The van der Waals surface area contributed by atoms with Crippen molar-refractivity contribution in [1.82, 2.24) is 24.7 Å². The maximum Gasteiger partial charge on any atom is 0.254 e. The molecule has 0 saturated carbocycles. The Morgan fingerprint density at radius 2 is 2.03 bits per heavy atom. The number of nitrogens with zero attached hydrogens (tertiary/aromatic N) is 4. The summed E-state index contributed by atoms with van der Waals surface area (Å²) in [5.41, 5.74) is 3.47. The summed E-state index contributed by atoms with van der Waals surface area (Å²) in [4.78, 5) is 33.8. The van der Waals surface area contributed by atoms with Crippen LogP contribution in [0.3, 0.4) is 0 Å². The number of aromatic nitrogens is 2. The van der Waals surface area contributed by atoms with Crippen molar-refractivity contribution < 1.29 is 14.0 Å². The predicted octanol–water partition coefficient (Wildman–Crippen LogP) is 4.99. The highest BCUT2D eigenvalue weighted by atomic mass is 19.1. The second kappa shape index (κ2) is 13.0. The summed E-state index contributed by atoms with van der Waals surface area (Å²) >= 11 is 0. The number of fused-ring (bicyclic) bond motifs is 1. The molecule has 1 fully saturated rings. The third kappa shape index (κ3) is 6.98. The van der Waals surface area contributed by atoms with E-state index in [4.69, 9.17) is 4.98 Å². The number of halogens is 1. The quantitative estimate of drug-likeness (QED) is 0.322. The van der Waals surface area contributed by atoms with E-state index in [9.17, 15) is 14.0 Å². The zero-order valence-corrected chi connectivity index (χ0v) is 22.9. The van der Waals surface area contributed by atoms with Crippen LogP contribution in [0.15, 0.2) is 42.5 Å². The first-order valence-corrected chi connectivity index (χ1v) is 13.9. The van der Waals surface area contributed by atoms with Crippen molar-refractivity contribution in [2.24, 2.45) is 5.92 Å². The third-order valence-corrected chi connectivity index (χ3v) is 6.90. The molecule has 1 N–H and O–H groups in total. The number of hydrogen-bond donors (Lipinski definition) is 1. The summed E-state index contributed by atoms with van der Waals surface area (Å²) in [6.07, 6.45) is 3.55. The summed E-state index contributed by atoms with van der Waals surface area (Å²) < 4.78 is 16.0. The van der Waals surface area contributed by atoms with Crippen LogP contribution < -0.4 is 5.32 Å². The molecule has 4 rings (SSSR count). The lowest BCUT2D eigenvalue weighted by Gasteiger charge is -2.25. The molecule has 0 spiro atoms. The molecule has 7 nitrogen and oxygen atoms in total. The number of likely N-dealkylation sites (tertiary alicyclic amines) is 1. The molecule has 0 radical (unpaired) electrons. The molecule has 1 saturated heterocycles. The number of rotatable bonds is 13. The maximum absolute atomic E-state index is 13.8. The minimum absolute atomic E-state index is 0.186. The van der Waals surface area contributed by atoms with Crippen molar-refractivity contribution in [2.75, 3.05) is 26.2 Å². The first kappa shape index (κ1) is 27.8. The van der Waals surface area contributed by atoms with Crippen LogP contribution in [0, 0.1) is 11.7 Å². The molecule has 0 bridgehead atoms. The average Bonchev–Trinajstić information content (AvgIpc) is 3.45. The van der Waals surface area contributed by atoms with Crippen LogP contribution >= 0.6 is 0 Å². The molecule has 2 heterocycles. The summed E-state index contributed by atoms with van der Waals surface area (Å²) in [7, 11) is 0. The van der Waals surface area contributed by atoms with Gasteiger partial charge >= 0.3 is 0 Å². The Morgan fingerprint density at radius 1 is 1.18 bits per heavy atom. The molecular formula is C30H40FN5O2. The van der Waals surface area contributed by atoms with Gasteiger partial charge in [0.05, 0.1) is 17.6 Å². The number of imidazole rings is 1. The maximum atomic E-state index is 13.8. The lowest BCUT2D eigenvalue weighted by Crippen LogP contribution is -2.34. The topological polar surface area (TPSA) is 70.5 Å². The van der Waals surface area contributed by atoms with E-state index in [0.717, 1.165) is 74.4 Å². The van der Waals surface area contributed by atoms with Crippen LogP contribution in [0.5, 0.6) is 0 Å². The van der Waals surface area contributed by atoms with Crippen LogP contribution in [-0.2, 0) is 24.4 Å². The Kier molecular flexibility index (Phi) is 9.50. The Bertz CT molecular complexity index is 1250. The molecule has 0 aliphatic carbocycles. The number of amides is 2. The number of carbonyl (C=O) groups is 2. The zero-order valence-electron chi connectivity index (χ0n) is 22.9. The summed E-state index contributed by atoms with van der Waals surface area (Å²) in [6, 6.07) is 12.2. The fourth-order valence-corrected chi connectivity index (χ4v) is 5.13. The molecule has 1 aliphatic rings. The van der Waals surface area contributed by atoms with E-state index in [0.29, 0.717) is 25.1 Å². The normalized spacial score (nSPS) is 13.7. The van der Waals surface area contributed by atoms with Crippen LogP contribution in [0.2, 0.25) is 0 Å². The SMILES string of the molecule is CCCn1c(CN(CC(C)C)C(=O)c2cccc(F)c2)nc2cc(CNCCCN3CCCC3=O)ccc21. The van der Waals surface area contributed by atoms with E-state index < -0.39 is 5.82 Å². The van der Waals surface area contributed by atoms with Crippen molar-refractivity contribution in [3.05, 3.63) is 65.2 Å². The average molecular weight is 522 g/mol. The first-order chi connectivity index (χ1) is 18.4. The van der Waals surface area contributed by atoms with Crippen molar-refractivity contribution in [2.45, 2.75) is 66.1 Å². The largest absolute Gasteiger partial charge is 0.343 e. The number of benzene rings is 2. The van der Waals surface area contributed by atoms with Gasteiger partial charge in [0.1, 0.15) is 11.6 Å². The lowest BCUT2D eigenvalue weighted by atomic mass is 10.1. The highest BCUT2D eigenvalue weighted by Gasteiger charge is 2.22. The van der Waals surface area contributed by atoms with Gasteiger partial charge in [0, 0.05) is 44.7 Å². The van der Waals surface area contributed by atoms with Crippen molar-refractivity contribution in [1.29, 1.82) is 0 Å². The molecule has 3 aromatic rings. The van der Waals surface area contributed by atoms with Gasteiger partial charge in [-0.05, 0) is 67.6 Å². The Labute approximate surface area is 225 Å². The van der Waals surface area contributed by atoms with Gasteiger partial charge in [0.15, 0.2) is 0 Å². The summed E-state index contributed by atoms with van der Waals surface area (Å²) in [5.74, 6) is 0.780. The second-order valence-corrected chi connectivity index (χ2v) is 10.6. The molecule has 2 amide bonds. The molecular weight excluding hydrogens is 481 g/mol. The third-order valence-electron chi connectivity index (χ3n) is 6.90. The fourth-order valence-electron chi connectivity index (χ4n) is 5.13. The molecule has 0 atom stereocenters. The molecule has 8 heteroatoms. The smallest absolute Gasteiger partial charge is 0.254 e. The summed E-state index contributed by atoms with van der Waals surface area (Å²) in [5, 5.41) is 3.49. The molecule has 1 aromatic heterocycles.